The number of anilines is 1. The van der Waals surface area contributed by atoms with E-state index in [0.29, 0.717) is 10.7 Å². The summed E-state index contributed by atoms with van der Waals surface area (Å²) in [5.74, 6) is 0.187. The van der Waals surface area contributed by atoms with Crippen molar-refractivity contribution in [3.05, 3.63) is 29.3 Å². The van der Waals surface area contributed by atoms with E-state index in [2.05, 4.69) is 10.6 Å². The number of carbonyl (C=O) groups excluding carboxylic acids is 1. The second-order valence-corrected chi connectivity index (χ2v) is 4.40. The van der Waals surface area contributed by atoms with Crippen LogP contribution in [0.1, 0.15) is 12.8 Å². The molecular weight excluding hydrogens is 259 g/mol. The van der Waals surface area contributed by atoms with E-state index in [9.17, 15) is 4.79 Å². The number of rotatable bonds is 2. The summed E-state index contributed by atoms with van der Waals surface area (Å²) in [5.41, 5.74) is 0.702. The fourth-order valence-corrected chi connectivity index (χ4v) is 2.06. The molecular formula is C12H16Cl2N2O. The molecule has 0 radical (unpaired) electrons. The van der Waals surface area contributed by atoms with E-state index in [1.54, 1.807) is 6.07 Å². The van der Waals surface area contributed by atoms with Crippen molar-refractivity contribution in [2.75, 3.05) is 18.4 Å². The fraction of sp³-hybridized carbons (Fsp3) is 0.417. The molecule has 94 valence electrons. The van der Waals surface area contributed by atoms with E-state index in [1.807, 2.05) is 18.2 Å². The van der Waals surface area contributed by atoms with Gasteiger partial charge >= 0.3 is 0 Å². The molecule has 17 heavy (non-hydrogen) atoms. The first-order chi connectivity index (χ1) is 7.77. The Balaban J connectivity index is 0.00000144. The molecule has 0 aromatic heterocycles. The van der Waals surface area contributed by atoms with Gasteiger partial charge in [-0.15, -0.1) is 12.4 Å². The van der Waals surface area contributed by atoms with Crippen LogP contribution in [0.4, 0.5) is 5.69 Å². The van der Waals surface area contributed by atoms with E-state index >= 15 is 0 Å². The van der Waals surface area contributed by atoms with Gasteiger partial charge in [0.1, 0.15) is 0 Å². The Morgan fingerprint density at radius 1 is 1.29 bits per heavy atom. The van der Waals surface area contributed by atoms with Gasteiger partial charge in [-0.3, -0.25) is 4.79 Å². The molecule has 1 aliphatic rings. The third kappa shape index (κ3) is 3.87. The smallest absolute Gasteiger partial charge is 0.227 e. The molecule has 5 heteroatoms. The number of amides is 1. The van der Waals surface area contributed by atoms with Gasteiger partial charge in [-0.1, -0.05) is 23.7 Å². The molecule has 0 bridgehead atoms. The highest BCUT2D eigenvalue weighted by Crippen LogP contribution is 2.22. The summed E-state index contributed by atoms with van der Waals surface area (Å²) >= 11 is 5.98. The van der Waals surface area contributed by atoms with Crippen molar-refractivity contribution in [1.82, 2.24) is 5.32 Å². The predicted octanol–water partition coefficient (Wildman–Crippen LogP) is 2.70. The van der Waals surface area contributed by atoms with Gasteiger partial charge in [0.2, 0.25) is 5.91 Å². The van der Waals surface area contributed by atoms with Crippen LogP contribution < -0.4 is 10.6 Å². The number of carbonyl (C=O) groups is 1. The van der Waals surface area contributed by atoms with Crippen LogP contribution >= 0.6 is 24.0 Å². The molecule has 1 aromatic carbocycles. The normalized spacial score (nSPS) is 16.1. The van der Waals surface area contributed by atoms with Crippen molar-refractivity contribution in [3.8, 4) is 0 Å². The lowest BCUT2D eigenvalue weighted by Crippen LogP contribution is -2.34. The molecule has 1 aliphatic heterocycles. The molecule has 1 saturated heterocycles. The van der Waals surface area contributed by atoms with Crippen molar-refractivity contribution >= 4 is 35.6 Å². The van der Waals surface area contributed by atoms with Crippen LogP contribution in [0.25, 0.3) is 0 Å². The molecule has 2 rings (SSSR count). The van der Waals surface area contributed by atoms with E-state index < -0.39 is 0 Å². The van der Waals surface area contributed by atoms with E-state index in [-0.39, 0.29) is 24.2 Å². The third-order valence-corrected chi connectivity index (χ3v) is 3.17. The molecule has 3 nitrogen and oxygen atoms in total. The Kier molecular flexibility index (Phi) is 5.75. The van der Waals surface area contributed by atoms with Gasteiger partial charge in [-0.25, -0.2) is 0 Å². The molecule has 0 aliphatic carbocycles. The van der Waals surface area contributed by atoms with Gasteiger partial charge in [0.05, 0.1) is 10.7 Å². The molecule has 1 aromatic rings. The van der Waals surface area contributed by atoms with Crippen molar-refractivity contribution < 1.29 is 4.79 Å². The first-order valence-electron chi connectivity index (χ1n) is 5.53. The maximum Gasteiger partial charge on any atom is 0.227 e. The summed E-state index contributed by atoms with van der Waals surface area (Å²) in [7, 11) is 0. The van der Waals surface area contributed by atoms with Gasteiger partial charge in [-0.2, -0.15) is 0 Å². The second-order valence-electron chi connectivity index (χ2n) is 3.99. The van der Waals surface area contributed by atoms with Crippen LogP contribution in [0.3, 0.4) is 0 Å². The highest BCUT2D eigenvalue weighted by molar-refractivity contribution is 6.33. The molecule has 1 amide bonds. The van der Waals surface area contributed by atoms with Gasteiger partial charge in [0.25, 0.3) is 0 Å². The average Bonchev–Trinajstić information content (AvgIpc) is 2.33. The zero-order valence-corrected chi connectivity index (χ0v) is 11.0. The molecule has 0 unspecified atom stereocenters. The van der Waals surface area contributed by atoms with Gasteiger partial charge in [-0.05, 0) is 38.1 Å². The summed E-state index contributed by atoms with van der Waals surface area (Å²) in [5, 5.41) is 6.71. The van der Waals surface area contributed by atoms with Gasteiger partial charge in [0.15, 0.2) is 0 Å². The Bertz CT molecular complexity index is 379. The SMILES string of the molecule is Cl.O=C(Nc1ccccc1Cl)C1CCNCC1. The minimum absolute atomic E-state index is 0. The van der Waals surface area contributed by atoms with Crippen LogP contribution in [0, 0.1) is 5.92 Å². The number of benzene rings is 1. The summed E-state index contributed by atoms with van der Waals surface area (Å²) < 4.78 is 0. The van der Waals surface area contributed by atoms with Gasteiger partial charge < -0.3 is 10.6 Å². The van der Waals surface area contributed by atoms with Crippen molar-refractivity contribution in [2.45, 2.75) is 12.8 Å². The standard InChI is InChI=1S/C12H15ClN2O.ClH/c13-10-3-1-2-4-11(10)15-12(16)9-5-7-14-8-6-9;/h1-4,9,14H,5-8H2,(H,15,16);1H. The van der Waals surface area contributed by atoms with Crippen LogP contribution in [-0.2, 0) is 4.79 Å². The zero-order chi connectivity index (χ0) is 11.4. The lowest BCUT2D eigenvalue weighted by Gasteiger charge is -2.21. The van der Waals surface area contributed by atoms with Crippen LogP contribution in [0.2, 0.25) is 5.02 Å². The Hall–Kier alpha value is -0.770. The first kappa shape index (κ1) is 14.3. The third-order valence-electron chi connectivity index (χ3n) is 2.84. The molecule has 0 saturated carbocycles. The number of halogens is 2. The minimum Gasteiger partial charge on any atom is -0.325 e. The minimum atomic E-state index is 0. The van der Waals surface area contributed by atoms with Crippen molar-refractivity contribution in [3.63, 3.8) is 0 Å². The number of para-hydroxylation sites is 1. The predicted molar refractivity (Wildman–Crippen MR) is 72.9 cm³/mol. The molecule has 1 fully saturated rings. The van der Waals surface area contributed by atoms with Crippen LogP contribution in [0.15, 0.2) is 24.3 Å². The summed E-state index contributed by atoms with van der Waals surface area (Å²) in [6, 6.07) is 7.31. The quantitative estimate of drug-likeness (QED) is 0.871. The van der Waals surface area contributed by atoms with Crippen molar-refractivity contribution in [2.24, 2.45) is 5.92 Å². The molecule has 0 atom stereocenters. The number of piperidine rings is 1. The molecule has 2 N–H and O–H groups in total. The first-order valence-corrected chi connectivity index (χ1v) is 5.91. The highest BCUT2D eigenvalue weighted by Gasteiger charge is 2.21. The Morgan fingerprint density at radius 3 is 2.59 bits per heavy atom. The number of hydrogen-bond donors (Lipinski definition) is 2. The second kappa shape index (κ2) is 6.84. The Morgan fingerprint density at radius 2 is 1.94 bits per heavy atom. The lowest BCUT2D eigenvalue weighted by molar-refractivity contribution is -0.120. The largest absolute Gasteiger partial charge is 0.325 e. The van der Waals surface area contributed by atoms with E-state index in [0.717, 1.165) is 25.9 Å². The lowest BCUT2D eigenvalue weighted by atomic mass is 9.97. The maximum absolute atomic E-state index is 11.9. The number of hydrogen-bond acceptors (Lipinski definition) is 2. The monoisotopic (exact) mass is 274 g/mol. The highest BCUT2D eigenvalue weighted by atomic mass is 35.5. The summed E-state index contributed by atoms with van der Waals surface area (Å²) in [6.07, 6.45) is 1.80. The van der Waals surface area contributed by atoms with Crippen LogP contribution in [0.5, 0.6) is 0 Å². The topological polar surface area (TPSA) is 41.1 Å². The fourth-order valence-electron chi connectivity index (χ4n) is 1.88. The average molecular weight is 275 g/mol. The maximum atomic E-state index is 11.9. The molecule has 1 heterocycles. The van der Waals surface area contributed by atoms with Crippen molar-refractivity contribution in [1.29, 1.82) is 0 Å². The summed E-state index contributed by atoms with van der Waals surface area (Å²) in [6.45, 7) is 1.83. The summed E-state index contributed by atoms with van der Waals surface area (Å²) in [4.78, 5) is 11.9. The molecule has 0 spiro atoms. The Labute approximate surface area is 112 Å². The van der Waals surface area contributed by atoms with E-state index in [1.165, 1.54) is 0 Å². The van der Waals surface area contributed by atoms with Gasteiger partial charge in [0, 0.05) is 5.92 Å². The van der Waals surface area contributed by atoms with Crippen LogP contribution in [-0.4, -0.2) is 19.0 Å². The number of nitrogens with one attached hydrogen (secondary N) is 2. The zero-order valence-electron chi connectivity index (χ0n) is 9.41. The van der Waals surface area contributed by atoms with E-state index in [4.69, 9.17) is 11.6 Å².